The van der Waals surface area contributed by atoms with Crippen LogP contribution in [0.2, 0.25) is 0 Å². The molecule has 0 aromatic carbocycles. The van der Waals surface area contributed by atoms with Crippen molar-refractivity contribution in [2.24, 2.45) is 0 Å². The molecule has 1 aliphatic heterocycles. The summed E-state index contributed by atoms with van der Waals surface area (Å²) in [5.41, 5.74) is -4.15. The largest absolute Gasteiger partial charge is 0.741 e. The Bertz CT molecular complexity index is 485. The molecule has 136 valence electrons. The first-order chi connectivity index (χ1) is 10.6. The van der Waals surface area contributed by atoms with Gasteiger partial charge in [-0.3, -0.25) is 4.90 Å². The first kappa shape index (κ1) is 22.1. The minimum atomic E-state index is -6.09. The van der Waals surface area contributed by atoms with Crippen molar-refractivity contribution in [3.8, 4) is 0 Å². The summed E-state index contributed by atoms with van der Waals surface area (Å²) in [5.74, 6) is 0. The third-order valence-corrected chi connectivity index (χ3v) is 3.96. The van der Waals surface area contributed by atoms with Crippen molar-refractivity contribution in [3.05, 3.63) is 24.0 Å². The van der Waals surface area contributed by atoms with Crippen LogP contribution in [0.4, 0.5) is 13.2 Å². The number of hydrogen-bond donors (Lipinski definition) is 1. The van der Waals surface area contributed by atoms with Gasteiger partial charge in [0.1, 0.15) is 6.20 Å². The summed E-state index contributed by atoms with van der Waals surface area (Å²) in [6.45, 7) is 5.78. The Labute approximate surface area is 136 Å². The van der Waals surface area contributed by atoms with Crippen LogP contribution >= 0.6 is 0 Å². The number of unbranched alkanes of at least 4 members (excludes halogenated alkanes) is 5. The van der Waals surface area contributed by atoms with Gasteiger partial charge in [0.05, 0.1) is 12.7 Å². The van der Waals surface area contributed by atoms with E-state index < -0.39 is 15.6 Å². The van der Waals surface area contributed by atoms with E-state index >= 15 is 0 Å². The summed E-state index contributed by atoms with van der Waals surface area (Å²) in [6, 6.07) is 0. The molecule has 0 fully saturated rings. The third kappa shape index (κ3) is 10.5. The normalized spacial score (nSPS) is 17.7. The molecule has 0 spiro atoms. The van der Waals surface area contributed by atoms with E-state index in [0.29, 0.717) is 0 Å². The van der Waals surface area contributed by atoms with Gasteiger partial charge in [0, 0.05) is 11.6 Å². The average molecular weight is 357 g/mol. The SMILES string of the molecule is CCCCCCCC[NH+]1C=CC(CC)=C1.O=S(=O)([O-])C(F)(F)F. The summed E-state index contributed by atoms with van der Waals surface area (Å²) < 4.78 is 58.9. The number of rotatable bonds is 8. The van der Waals surface area contributed by atoms with E-state index in [4.69, 9.17) is 13.0 Å². The lowest BCUT2D eigenvalue weighted by molar-refractivity contribution is -0.788. The van der Waals surface area contributed by atoms with Crippen molar-refractivity contribution in [2.75, 3.05) is 6.54 Å². The van der Waals surface area contributed by atoms with E-state index in [1.165, 1.54) is 57.1 Å². The zero-order valence-corrected chi connectivity index (χ0v) is 14.5. The Balaban J connectivity index is 0.000000515. The maximum absolute atomic E-state index is 10.7. The predicted molar refractivity (Wildman–Crippen MR) is 82.5 cm³/mol. The summed E-state index contributed by atoms with van der Waals surface area (Å²) in [6.07, 6.45) is 16.5. The molecule has 1 N–H and O–H groups in total. The zero-order chi connectivity index (χ0) is 17.9. The molecule has 0 bridgehead atoms. The second kappa shape index (κ2) is 10.8. The van der Waals surface area contributed by atoms with E-state index in [0.717, 1.165) is 0 Å². The lowest BCUT2D eigenvalue weighted by Crippen LogP contribution is -3.01. The number of halogens is 3. The van der Waals surface area contributed by atoms with Gasteiger partial charge in [-0.1, -0.05) is 39.5 Å². The van der Waals surface area contributed by atoms with Gasteiger partial charge in [0.2, 0.25) is 0 Å². The van der Waals surface area contributed by atoms with Crippen LogP contribution in [0.1, 0.15) is 58.8 Å². The number of alkyl halides is 3. The molecule has 0 radical (unpaired) electrons. The van der Waals surface area contributed by atoms with Crippen molar-refractivity contribution >= 4 is 10.1 Å². The smallest absolute Gasteiger partial charge is 0.485 e. The quantitative estimate of drug-likeness (QED) is 0.412. The molecule has 1 atom stereocenters. The van der Waals surface area contributed by atoms with Crippen LogP contribution in [-0.4, -0.2) is 25.0 Å². The van der Waals surface area contributed by atoms with Crippen molar-refractivity contribution in [1.82, 2.24) is 0 Å². The topological polar surface area (TPSA) is 61.6 Å². The predicted octanol–water partition coefficient (Wildman–Crippen LogP) is 3.10. The van der Waals surface area contributed by atoms with Crippen molar-refractivity contribution in [1.29, 1.82) is 0 Å². The molecule has 0 saturated carbocycles. The highest BCUT2D eigenvalue weighted by Gasteiger charge is 2.36. The van der Waals surface area contributed by atoms with Crippen LogP contribution in [0, 0.1) is 0 Å². The molecule has 23 heavy (non-hydrogen) atoms. The highest BCUT2D eigenvalue weighted by atomic mass is 32.2. The van der Waals surface area contributed by atoms with E-state index in [1.54, 1.807) is 4.90 Å². The van der Waals surface area contributed by atoms with Gasteiger partial charge in [-0.2, -0.15) is 13.2 Å². The Kier molecular flexibility index (Phi) is 10.4. The minimum Gasteiger partial charge on any atom is -0.741 e. The molecule has 1 heterocycles. The first-order valence-electron chi connectivity index (χ1n) is 7.88. The Hall–Kier alpha value is -0.860. The van der Waals surface area contributed by atoms with E-state index in [-0.39, 0.29) is 0 Å². The molecular formula is C15H26F3NO3S. The summed E-state index contributed by atoms with van der Waals surface area (Å²) in [4.78, 5) is 1.54. The first-order valence-corrected chi connectivity index (χ1v) is 9.29. The molecule has 0 aliphatic carbocycles. The maximum atomic E-state index is 10.7. The highest BCUT2D eigenvalue weighted by molar-refractivity contribution is 7.86. The lowest BCUT2D eigenvalue weighted by atomic mass is 10.1. The fourth-order valence-corrected chi connectivity index (χ4v) is 2.03. The van der Waals surface area contributed by atoms with Crippen molar-refractivity contribution in [3.63, 3.8) is 0 Å². The van der Waals surface area contributed by atoms with Crippen molar-refractivity contribution < 1.29 is 31.0 Å². The Morgan fingerprint density at radius 3 is 2.04 bits per heavy atom. The maximum Gasteiger partial charge on any atom is 0.485 e. The fourth-order valence-electron chi connectivity index (χ4n) is 2.03. The molecule has 0 aromatic heterocycles. The second-order valence-corrected chi connectivity index (χ2v) is 6.77. The van der Waals surface area contributed by atoms with Crippen LogP contribution in [-0.2, 0) is 10.1 Å². The van der Waals surface area contributed by atoms with Crippen LogP contribution in [0.15, 0.2) is 24.0 Å². The Morgan fingerprint density at radius 1 is 1.09 bits per heavy atom. The third-order valence-electron chi connectivity index (χ3n) is 3.39. The monoisotopic (exact) mass is 357 g/mol. The molecule has 1 rings (SSSR count). The molecule has 1 aliphatic rings. The van der Waals surface area contributed by atoms with Crippen LogP contribution in [0.3, 0.4) is 0 Å². The molecule has 1 unspecified atom stereocenters. The lowest BCUT2D eigenvalue weighted by Gasteiger charge is -2.08. The molecule has 8 heteroatoms. The van der Waals surface area contributed by atoms with Gasteiger partial charge in [0.15, 0.2) is 10.1 Å². The van der Waals surface area contributed by atoms with Gasteiger partial charge in [-0.05, 0) is 19.3 Å². The van der Waals surface area contributed by atoms with Gasteiger partial charge in [0.25, 0.3) is 0 Å². The summed E-state index contributed by atoms with van der Waals surface area (Å²) in [7, 11) is -6.09. The van der Waals surface area contributed by atoms with Crippen molar-refractivity contribution in [2.45, 2.75) is 64.3 Å². The minimum absolute atomic E-state index is 1.18. The average Bonchev–Trinajstić information content (AvgIpc) is 2.89. The van der Waals surface area contributed by atoms with Crippen LogP contribution in [0.5, 0.6) is 0 Å². The van der Waals surface area contributed by atoms with Gasteiger partial charge in [-0.15, -0.1) is 0 Å². The fraction of sp³-hybridized carbons (Fsp3) is 0.733. The molecule has 0 amide bonds. The Morgan fingerprint density at radius 2 is 1.61 bits per heavy atom. The van der Waals surface area contributed by atoms with E-state index in [1.807, 2.05) is 0 Å². The second-order valence-electron chi connectivity index (χ2n) is 5.40. The summed E-state index contributed by atoms with van der Waals surface area (Å²) in [5, 5.41) is 0. The molecule has 0 saturated heterocycles. The number of quaternary nitrogens is 1. The zero-order valence-electron chi connectivity index (χ0n) is 13.7. The standard InChI is InChI=1S/C14H25N.CHF3O3S/c1-3-5-6-7-8-9-11-15-12-10-14(4-2)13-15;2-1(3,4)8(5,6)7/h10,12-13H,3-9,11H2,1-2H3;(H,5,6,7). The molecular weight excluding hydrogens is 331 g/mol. The number of hydrogen-bond acceptors (Lipinski definition) is 3. The van der Waals surface area contributed by atoms with Gasteiger partial charge >= 0.3 is 5.51 Å². The highest BCUT2D eigenvalue weighted by Crippen LogP contribution is 2.20. The molecule has 0 aromatic rings. The van der Waals surface area contributed by atoms with Crippen LogP contribution in [0.25, 0.3) is 0 Å². The number of allylic oxidation sites excluding steroid dienone is 2. The molecule has 4 nitrogen and oxygen atoms in total. The van der Waals surface area contributed by atoms with E-state index in [2.05, 4.69) is 32.3 Å². The van der Waals surface area contributed by atoms with E-state index in [9.17, 15) is 13.2 Å². The van der Waals surface area contributed by atoms with Gasteiger partial charge < -0.3 is 4.55 Å². The van der Waals surface area contributed by atoms with Crippen LogP contribution < -0.4 is 4.90 Å². The summed E-state index contributed by atoms with van der Waals surface area (Å²) >= 11 is 0. The number of nitrogens with one attached hydrogen (secondary N) is 1. The van der Waals surface area contributed by atoms with Gasteiger partial charge in [-0.25, -0.2) is 8.42 Å².